The summed E-state index contributed by atoms with van der Waals surface area (Å²) in [6, 6.07) is 2.73. The van der Waals surface area contributed by atoms with E-state index in [1.54, 1.807) is 0 Å². The molecule has 0 aliphatic rings. The van der Waals surface area contributed by atoms with Crippen LogP contribution in [0.2, 0.25) is 0 Å². The maximum absolute atomic E-state index is 12.4. The highest BCUT2D eigenvalue weighted by molar-refractivity contribution is 5.95. The Hall–Kier alpha value is -2.32. The number of aromatic carboxylic acids is 1. The quantitative estimate of drug-likeness (QED) is 0.666. The number of carboxylic acids is 1. The van der Waals surface area contributed by atoms with Gasteiger partial charge in [0.15, 0.2) is 0 Å². The summed E-state index contributed by atoms with van der Waals surface area (Å²) in [6.45, 7) is 0.0119. The number of carboxylic acid groups (broad SMARTS) is 1. The Bertz CT molecular complexity index is 531. The highest BCUT2D eigenvalue weighted by Gasteiger charge is 2.32. The molecule has 0 aromatic heterocycles. The van der Waals surface area contributed by atoms with Crippen molar-refractivity contribution in [3.63, 3.8) is 0 Å². The van der Waals surface area contributed by atoms with Gasteiger partial charge in [-0.25, -0.2) is 4.79 Å². The van der Waals surface area contributed by atoms with Crippen LogP contribution in [-0.4, -0.2) is 35.3 Å². The summed E-state index contributed by atoms with van der Waals surface area (Å²) >= 11 is 0. The summed E-state index contributed by atoms with van der Waals surface area (Å²) < 4.78 is 37.3. The van der Waals surface area contributed by atoms with E-state index in [-0.39, 0.29) is 12.2 Å². The molecule has 0 aliphatic heterocycles. The molecule has 1 aromatic carbocycles. The number of rotatable bonds is 5. The third-order valence-electron chi connectivity index (χ3n) is 2.51. The zero-order valence-electron chi connectivity index (χ0n) is 10.3. The Balaban J connectivity index is 3.28. The van der Waals surface area contributed by atoms with Crippen molar-refractivity contribution in [2.24, 2.45) is 0 Å². The van der Waals surface area contributed by atoms with Crippen LogP contribution in [0.1, 0.15) is 17.3 Å². The Morgan fingerprint density at radius 3 is 2.45 bits per heavy atom. The van der Waals surface area contributed by atoms with Gasteiger partial charge in [0.05, 0.1) is 16.2 Å². The van der Waals surface area contributed by atoms with Crippen molar-refractivity contribution in [3.8, 4) is 0 Å². The summed E-state index contributed by atoms with van der Waals surface area (Å²) in [4.78, 5) is 21.6. The van der Waals surface area contributed by atoms with E-state index in [2.05, 4.69) is 0 Å². The lowest BCUT2D eigenvalue weighted by Crippen LogP contribution is -2.35. The van der Waals surface area contributed by atoms with Crippen LogP contribution in [0.25, 0.3) is 0 Å². The number of hydrogen-bond donors (Lipinski definition) is 1. The van der Waals surface area contributed by atoms with Gasteiger partial charge in [-0.2, -0.15) is 13.2 Å². The molecule has 0 aliphatic carbocycles. The molecule has 9 heteroatoms. The zero-order valence-corrected chi connectivity index (χ0v) is 10.3. The number of carbonyl (C=O) groups is 1. The summed E-state index contributed by atoms with van der Waals surface area (Å²) in [6.07, 6.45) is -4.51. The third kappa shape index (κ3) is 3.84. The number of anilines is 1. The van der Waals surface area contributed by atoms with E-state index >= 15 is 0 Å². The molecule has 0 atom stereocenters. The van der Waals surface area contributed by atoms with E-state index in [0.29, 0.717) is 0 Å². The molecular weight excluding hydrogens is 281 g/mol. The molecule has 110 valence electrons. The van der Waals surface area contributed by atoms with E-state index in [1.807, 2.05) is 0 Å². The monoisotopic (exact) mass is 292 g/mol. The fourth-order valence-corrected chi connectivity index (χ4v) is 1.67. The van der Waals surface area contributed by atoms with Crippen LogP contribution in [0.4, 0.5) is 24.5 Å². The van der Waals surface area contributed by atoms with E-state index in [9.17, 15) is 28.1 Å². The summed E-state index contributed by atoms with van der Waals surface area (Å²) in [5, 5.41) is 19.6. The van der Waals surface area contributed by atoms with Gasteiger partial charge in [-0.15, -0.1) is 0 Å². The number of non-ortho nitro benzene ring substituents is 1. The van der Waals surface area contributed by atoms with Gasteiger partial charge in [0, 0.05) is 18.7 Å². The normalized spacial score (nSPS) is 11.2. The van der Waals surface area contributed by atoms with Crippen LogP contribution in [0.5, 0.6) is 0 Å². The fourth-order valence-electron chi connectivity index (χ4n) is 1.67. The molecule has 0 saturated carbocycles. The lowest BCUT2D eigenvalue weighted by Gasteiger charge is -2.25. The molecule has 20 heavy (non-hydrogen) atoms. The molecule has 1 N–H and O–H groups in total. The van der Waals surface area contributed by atoms with E-state index in [4.69, 9.17) is 5.11 Å². The van der Waals surface area contributed by atoms with Crippen LogP contribution in [0.3, 0.4) is 0 Å². The predicted molar refractivity (Wildman–Crippen MR) is 64.0 cm³/mol. The van der Waals surface area contributed by atoms with Gasteiger partial charge in [0.2, 0.25) is 0 Å². The topological polar surface area (TPSA) is 83.7 Å². The summed E-state index contributed by atoms with van der Waals surface area (Å²) in [5.41, 5.74) is -1.23. The maximum atomic E-state index is 12.4. The predicted octanol–water partition coefficient (Wildman–Crippen LogP) is 2.68. The summed E-state index contributed by atoms with van der Waals surface area (Å²) in [7, 11) is 0. The van der Waals surface area contributed by atoms with Crippen molar-refractivity contribution in [2.45, 2.75) is 13.1 Å². The molecule has 6 nitrogen and oxygen atoms in total. The Kier molecular flexibility index (Phi) is 4.53. The van der Waals surface area contributed by atoms with Crippen molar-refractivity contribution in [2.75, 3.05) is 18.0 Å². The van der Waals surface area contributed by atoms with Crippen LogP contribution >= 0.6 is 0 Å². The third-order valence-corrected chi connectivity index (χ3v) is 2.51. The molecule has 0 saturated heterocycles. The average molecular weight is 292 g/mol. The van der Waals surface area contributed by atoms with Crippen molar-refractivity contribution < 1.29 is 28.0 Å². The minimum Gasteiger partial charge on any atom is -0.478 e. The first-order valence-electron chi connectivity index (χ1n) is 5.49. The standard InChI is InChI=1S/C11H11F3N2O4/c1-2-15(6-11(12,13)14)9-4-3-7(16(19)20)5-8(9)10(17)18/h3-5H,2,6H2,1H3,(H,17,18). The molecule has 0 heterocycles. The summed E-state index contributed by atoms with van der Waals surface area (Å²) in [5.74, 6) is -1.52. The van der Waals surface area contributed by atoms with Gasteiger partial charge in [0.25, 0.3) is 5.69 Å². The average Bonchev–Trinajstić information content (AvgIpc) is 2.34. The second-order valence-electron chi connectivity index (χ2n) is 3.89. The number of nitrogens with zero attached hydrogens (tertiary/aromatic N) is 2. The Morgan fingerprint density at radius 1 is 1.45 bits per heavy atom. The molecule has 0 fully saturated rings. The molecule has 0 unspecified atom stereocenters. The van der Waals surface area contributed by atoms with Crippen molar-refractivity contribution in [1.29, 1.82) is 0 Å². The minimum atomic E-state index is -4.51. The molecule has 1 rings (SSSR count). The van der Waals surface area contributed by atoms with Gasteiger partial charge >= 0.3 is 12.1 Å². The number of hydrogen-bond acceptors (Lipinski definition) is 4. The Labute approximate surface area is 111 Å². The second-order valence-corrected chi connectivity index (χ2v) is 3.89. The molecule has 0 bridgehead atoms. The van der Waals surface area contributed by atoms with Gasteiger partial charge in [0.1, 0.15) is 6.54 Å². The largest absolute Gasteiger partial charge is 0.478 e. The first kappa shape index (κ1) is 15.7. The first-order valence-corrected chi connectivity index (χ1v) is 5.49. The number of halogens is 3. The number of nitro benzene ring substituents is 1. The van der Waals surface area contributed by atoms with Crippen LogP contribution in [0, 0.1) is 10.1 Å². The van der Waals surface area contributed by atoms with Crippen molar-refractivity contribution in [3.05, 3.63) is 33.9 Å². The Morgan fingerprint density at radius 2 is 2.05 bits per heavy atom. The van der Waals surface area contributed by atoms with Crippen LogP contribution in [-0.2, 0) is 0 Å². The molecule has 1 aromatic rings. The number of nitro groups is 1. The van der Waals surface area contributed by atoms with Crippen molar-refractivity contribution >= 4 is 17.3 Å². The highest BCUT2D eigenvalue weighted by Crippen LogP contribution is 2.28. The van der Waals surface area contributed by atoms with Crippen LogP contribution in [0.15, 0.2) is 18.2 Å². The number of benzene rings is 1. The smallest absolute Gasteiger partial charge is 0.405 e. The van der Waals surface area contributed by atoms with E-state index in [1.165, 1.54) is 6.92 Å². The molecular formula is C11H11F3N2O4. The second kappa shape index (κ2) is 5.76. The molecule has 0 spiro atoms. The van der Waals surface area contributed by atoms with Gasteiger partial charge in [-0.05, 0) is 13.0 Å². The van der Waals surface area contributed by atoms with Crippen LogP contribution < -0.4 is 4.90 Å². The lowest BCUT2D eigenvalue weighted by molar-refractivity contribution is -0.384. The minimum absolute atomic E-state index is 0.0857. The van der Waals surface area contributed by atoms with E-state index < -0.39 is 34.9 Å². The molecule has 0 radical (unpaired) electrons. The zero-order chi connectivity index (χ0) is 15.5. The highest BCUT2D eigenvalue weighted by atomic mass is 19.4. The van der Waals surface area contributed by atoms with Gasteiger partial charge in [-0.3, -0.25) is 10.1 Å². The first-order chi connectivity index (χ1) is 9.15. The van der Waals surface area contributed by atoms with E-state index in [0.717, 1.165) is 23.1 Å². The van der Waals surface area contributed by atoms with Gasteiger partial charge in [-0.1, -0.05) is 0 Å². The van der Waals surface area contributed by atoms with Crippen molar-refractivity contribution in [1.82, 2.24) is 0 Å². The number of alkyl halides is 3. The molecule has 0 amide bonds. The SMILES string of the molecule is CCN(CC(F)(F)F)c1ccc([N+](=O)[O-])cc1C(=O)O. The van der Waals surface area contributed by atoms with Gasteiger partial charge < -0.3 is 10.0 Å². The maximum Gasteiger partial charge on any atom is 0.405 e. The fraction of sp³-hybridized carbons (Fsp3) is 0.364. The lowest BCUT2D eigenvalue weighted by atomic mass is 10.1.